The number of hydrogen-bond acceptors (Lipinski definition) is 15. The number of allylic oxidation sites excluding steroid dienone is 1. The maximum absolute atomic E-state index is 15.3. The summed E-state index contributed by atoms with van der Waals surface area (Å²) in [4.78, 5) is 35.5. The molecule has 2 fully saturated rings. The first-order chi connectivity index (χ1) is 35.3. The normalized spacial score (nSPS) is 24.2. The van der Waals surface area contributed by atoms with Crippen molar-refractivity contribution in [3.8, 4) is 28.7 Å². The van der Waals surface area contributed by atoms with Crippen LogP contribution in [0.25, 0.3) is 0 Å². The first-order valence-corrected chi connectivity index (χ1v) is 26.0. The number of carbonyl (C=O) groups excluding carboxylic acids is 1. The van der Waals surface area contributed by atoms with E-state index in [4.69, 9.17) is 43.2 Å². The van der Waals surface area contributed by atoms with Gasteiger partial charge in [0.2, 0.25) is 18.9 Å². The number of ether oxygens (including phenoxy) is 7. The summed E-state index contributed by atoms with van der Waals surface area (Å²) in [6, 6.07) is 26.0. The van der Waals surface area contributed by atoms with E-state index in [2.05, 4.69) is 30.9 Å². The van der Waals surface area contributed by atoms with E-state index < -0.39 is 35.1 Å². The van der Waals surface area contributed by atoms with Crippen molar-refractivity contribution in [2.45, 2.75) is 99.7 Å². The van der Waals surface area contributed by atoms with Gasteiger partial charge in [-0.25, -0.2) is 4.79 Å². The molecule has 1 saturated carbocycles. The highest BCUT2D eigenvalue weighted by Gasteiger charge is 2.66. The van der Waals surface area contributed by atoms with E-state index in [9.17, 15) is 20.3 Å². The van der Waals surface area contributed by atoms with Gasteiger partial charge < -0.3 is 48.2 Å². The van der Waals surface area contributed by atoms with Crippen LogP contribution in [0.15, 0.2) is 125 Å². The minimum atomic E-state index is -1.61. The number of nitrogens with zero attached hydrogens (tertiary/aromatic N) is 3. The number of unbranched alkanes of at least 4 members (excludes halogenated alkanes) is 2. The molecule has 2 N–H and O–H groups in total. The van der Waals surface area contributed by atoms with Gasteiger partial charge >= 0.3 is 6.09 Å². The predicted octanol–water partition coefficient (Wildman–Crippen LogP) is 10.4. The number of oxime groups is 1. The van der Waals surface area contributed by atoms with E-state index >= 15 is 4.79 Å². The maximum atomic E-state index is 15.3. The van der Waals surface area contributed by atoms with Crippen LogP contribution in [0.3, 0.4) is 0 Å². The molecule has 9 rings (SSSR count). The average molecular weight is 1010 g/mol. The number of thioether (sulfide) groups is 1. The second kappa shape index (κ2) is 24.1. The molecule has 1 saturated heterocycles. The highest BCUT2D eigenvalue weighted by Crippen LogP contribution is 2.62. The van der Waals surface area contributed by atoms with Crippen molar-refractivity contribution < 1.29 is 57.9 Å². The second-order valence-electron chi connectivity index (χ2n) is 18.6. The Morgan fingerprint density at radius 1 is 0.931 bits per heavy atom. The van der Waals surface area contributed by atoms with Gasteiger partial charge in [-0.1, -0.05) is 54.4 Å². The number of non-ortho nitro benzene ring substituents is 1. The molecule has 4 aromatic carbocycles. The number of amides is 1. The van der Waals surface area contributed by atoms with E-state index in [0.29, 0.717) is 66.7 Å². The van der Waals surface area contributed by atoms with Gasteiger partial charge in [0.25, 0.3) is 5.69 Å². The second-order valence-corrected chi connectivity index (χ2v) is 19.8. The highest BCUT2D eigenvalue weighted by atomic mass is 32.2. The fraction of sp³-hybridized carbons (Fsp3) is 0.455. The van der Waals surface area contributed by atoms with Crippen molar-refractivity contribution >= 4 is 29.3 Å². The van der Waals surface area contributed by atoms with Crippen molar-refractivity contribution in [1.82, 2.24) is 4.90 Å². The van der Waals surface area contributed by atoms with Gasteiger partial charge in [0.05, 0.1) is 36.4 Å². The first-order valence-electron chi connectivity index (χ1n) is 25.1. The van der Waals surface area contributed by atoms with Gasteiger partial charge in [0.15, 0.2) is 11.5 Å². The van der Waals surface area contributed by atoms with E-state index in [1.54, 1.807) is 28.8 Å². The summed E-state index contributed by atoms with van der Waals surface area (Å²) in [6.45, 7) is 5.28. The monoisotopic (exact) mass is 1010 g/mol. The Bertz CT molecular complexity index is 2560. The Balaban J connectivity index is 1.20. The summed E-state index contributed by atoms with van der Waals surface area (Å²) in [5, 5.41) is 36.7. The van der Waals surface area contributed by atoms with E-state index in [-0.39, 0.29) is 68.8 Å². The molecule has 5 aliphatic rings. The van der Waals surface area contributed by atoms with Crippen molar-refractivity contribution in [3.05, 3.63) is 137 Å². The minimum absolute atomic E-state index is 0.00548. The molecular weight excluding hydrogens is 943 g/mol. The molecule has 7 unspecified atom stereocenters. The third-order valence-corrected chi connectivity index (χ3v) is 15.1. The molecule has 7 atom stereocenters. The number of aliphatic hydroxyl groups excluding tert-OH is 2. The van der Waals surface area contributed by atoms with Crippen LogP contribution >= 0.6 is 11.8 Å². The Hall–Kier alpha value is -6.11. The molecule has 2 aliphatic carbocycles. The summed E-state index contributed by atoms with van der Waals surface area (Å²) in [7, 11) is 0. The van der Waals surface area contributed by atoms with Crippen LogP contribution in [-0.4, -0.2) is 95.5 Å². The number of nitro groups is 1. The van der Waals surface area contributed by atoms with Crippen LogP contribution in [0.5, 0.6) is 28.7 Å². The third kappa shape index (κ3) is 11.6. The SMILES string of the molecule is C=CCOC12Oc3ccc(OCCSc4ccccc4)cc3C3C(CCCCO)C(CCCCO)C=C(C(=NOC4CCCCO4)CC1N(Cc1ccc4c(c1)OCO4)C(=O)Oc1ccc([N+](=O)[O-])cc1)C32. The zero-order valence-corrected chi connectivity index (χ0v) is 41.2. The zero-order valence-electron chi connectivity index (χ0n) is 40.3. The minimum Gasteiger partial charge on any atom is -0.493 e. The Labute approximate surface area is 424 Å². The van der Waals surface area contributed by atoms with E-state index in [1.807, 2.05) is 42.5 Å². The van der Waals surface area contributed by atoms with Crippen LogP contribution in [0.2, 0.25) is 0 Å². The lowest BCUT2D eigenvalue weighted by Crippen LogP contribution is -2.70. The van der Waals surface area contributed by atoms with Gasteiger partial charge in [-0.3, -0.25) is 15.0 Å². The average Bonchev–Trinajstić information content (AvgIpc) is 3.88. The van der Waals surface area contributed by atoms with Crippen molar-refractivity contribution in [3.63, 3.8) is 0 Å². The molecule has 4 aromatic rings. The molecule has 0 radical (unpaired) electrons. The summed E-state index contributed by atoms with van der Waals surface area (Å²) in [5.74, 6) is 0.625. The number of hydrogen-bond donors (Lipinski definition) is 2. The lowest BCUT2D eigenvalue weighted by molar-refractivity contribution is -0.384. The summed E-state index contributed by atoms with van der Waals surface area (Å²) in [5.41, 5.74) is 2.93. The smallest absolute Gasteiger partial charge is 0.416 e. The Kier molecular flexibility index (Phi) is 17.0. The fourth-order valence-electron chi connectivity index (χ4n) is 10.8. The molecule has 0 bridgehead atoms. The van der Waals surface area contributed by atoms with Crippen LogP contribution in [0, 0.1) is 27.9 Å². The fourth-order valence-corrected chi connectivity index (χ4v) is 11.6. The van der Waals surface area contributed by atoms with Crippen molar-refractivity contribution in [2.75, 3.05) is 45.6 Å². The molecule has 0 spiro atoms. The Morgan fingerprint density at radius 3 is 2.47 bits per heavy atom. The molecular formula is C55H63N3O13S. The molecule has 382 valence electrons. The molecule has 16 nitrogen and oxygen atoms in total. The predicted molar refractivity (Wildman–Crippen MR) is 270 cm³/mol. The quantitative estimate of drug-likeness (QED) is 0.0235. The van der Waals surface area contributed by atoms with Gasteiger partial charge in [0.1, 0.15) is 23.3 Å². The molecule has 17 heteroatoms. The zero-order chi connectivity index (χ0) is 49.9. The lowest BCUT2D eigenvalue weighted by Gasteiger charge is -2.59. The van der Waals surface area contributed by atoms with Crippen LogP contribution in [0.4, 0.5) is 10.5 Å². The number of benzene rings is 4. The highest BCUT2D eigenvalue weighted by molar-refractivity contribution is 7.99. The third-order valence-electron chi connectivity index (χ3n) is 14.1. The van der Waals surface area contributed by atoms with Crippen LogP contribution in [0.1, 0.15) is 81.3 Å². The van der Waals surface area contributed by atoms with Crippen molar-refractivity contribution in [1.29, 1.82) is 0 Å². The number of aliphatic hydroxyl groups is 2. The van der Waals surface area contributed by atoms with Gasteiger partial charge in [0, 0.05) is 66.9 Å². The number of carbonyl (C=O) groups is 1. The van der Waals surface area contributed by atoms with Gasteiger partial charge in [-0.15, -0.1) is 18.3 Å². The van der Waals surface area contributed by atoms with Gasteiger partial charge in [-0.05, 0) is 116 Å². The number of nitro benzene ring substituents is 1. The lowest BCUT2D eigenvalue weighted by atomic mass is 9.55. The molecule has 0 aromatic heterocycles. The van der Waals surface area contributed by atoms with Crippen LogP contribution in [-0.2, 0) is 20.9 Å². The summed E-state index contributed by atoms with van der Waals surface area (Å²) >= 11 is 1.72. The molecule has 3 aliphatic heterocycles. The van der Waals surface area contributed by atoms with Crippen LogP contribution < -0.4 is 23.7 Å². The topological polar surface area (TPSA) is 190 Å². The summed E-state index contributed by atoms with van der Waals surface area (Å²) < 4.78 is 44.8. The maximum Gasteiger partial charge on any atom is 0.416 e. The van der Waals surface area contributed by atoms with E-state index in [0.717, 1.165) is 60.3 Å². The summed E-state index contributed by atoms with van der Waals surface area (Å²) in [6.07, 6.45) is 9.52. The number of fused-ring (bicyclic) bond motifs is 3. The molecule has 3 heterocycles. The number of rotatable bonds is 23. The molecule has 1 amide bonds. The Morgan fingerprint density at radius 2 is 1.71 bits per heavy atom. The first kappa shape index (κ1) is 50.8. The van der Waals surface area contributed by atoms with Crippen molar-refractivity contribution in [2.24, 2.45) is 22.9 Å². The largest absolute Gasteiger partial charge is 0.493 e. The van der Waals surface area contributed by atoms with Gasteiger partial charge in [-0.2, -0.15) is 0 Å². The van der Waals surface area contributed by atoms with E-state index in [1.165, 1.54) is 24.3 Å². The molecule has 72 heavy (non-hydrogen) atoms. The standard InChI is InChI=1S/C55H63N3O13S/c1-2-27-68-55-50(57(35-37-17-23-48-49(31-37)67-36-66-48)54(61)69-40-20-18-39(19-21-40)58(62)63)34-46(56-71-51-16-8-11-28-65-51)44-32-38(12-6-9-25-59)43(15-7-10-26-60)52(53(44)55)45-33-41(22-24-47(45)70-55)64-29-30-72-42-13-4-3-5-14-42/h2-5,13-14,17-24,31-33,38,43,50-53,59-60H,1,6-12,15-16,25-30,34-36H2.